The standard InChI is InChI=1S/C8H7NO2S/c1-2-7-5-3-4-6-8(7)9-12(10)11/h1,3-6,9H,(H,10,11). The van der Waals surface area contributed by atoms with Crippen molar-refractivity contribution < 1.29 is 8.76 Å². The Bertz CT molecular complexity index is 343. The van der Waals surface area contributed by atoms with Crippen LogP contribution in [-0.4, -0.2) is 8.76 Å². The summed E-state index contributed by atoms with van der Waals surface area (Å²) in [5, 5.41) is 0. The van der Waals surface area contributed by atoms with E-state index in [0.717, 1.165) is 0 Å². The van der Waals surface area contributed by atoms with Gasteiger partial charge in [0, 0.05) is 5.56 Å². The van der Waals surface area contributed by atoms with Crippen molar-refractivity contribution in [3.63, 3.8) is 0 Å². The van der Waals surface area contributed by atoms with Gasteiger partial charge in [-0.15, -0.1) is 6.42 Å². The molecule has 0 heterocycles. The first-order valence-electron chi connectivity index (χ1n) is 3.17. The highest BCUT2D eigenvalue weighted by molar-refractivity contribution is 7.80. The fourth-order valence-corrected chi connectivity index (χ4v) is 1.16. The molecule has 2 N–H and O–H groups in total. The minimum atomic E-state index is -2.07. The smallest absolute Gasteiger partial charge is 0.259 e. The first-order chi connectivity index (χ1) is 5.74. The van der Waals surface area contributed by atoms with Crippen LogP contribution >= 0.6 is 0 Å². The van der Waals surface area contributed by atoms with Crippen molar-refractivity contribution in [3.8, 4) is 12.3 Å². The Morgan fingerprint density at radius 2 is 2.17 bits per heavy atom. The molecule has 0 fully saturated rings. The molecular weight excluding hydrogens is 174 g/mol. The molecule has 1 aromatic carbocycles. The van der Waals surface area contributed by atoms with Crippen LogP contribution in [-0.2, 0) is 11.3 Å². The predicted octanol–water partition coefficient (Wildman–Crippen LogP) is 1.22. The summed E-state index contributed by atoms with van der Waals surface area (Å²) in [4.78, 5) is 0. The van der Waals surface area contributed by atoms with Gasteiger partial charge in [-0.25, -0.2) is 4.21 Å². The van der Waals surface area contributed by atoms with E-state index in [0.29, 0.717) is 11.3 Å². The van der Waals surface area contributed by atoms with Gasteiger partial charge in [-0.1, -0.05) is 18.1 Å². The maximum absolute atomic E-state index is 10.4. The molecule has 1 aromatic rings. The minimum Gasteiger partial charge on any atom is -0.289 e. The van der Waals surface area contributed by atoms with Crippen LogP contribution in [0.25, 0.3) is 0 Å². The molecule has 1 rings (SSSR count). The molecule has 0 bridgehead atoms. The first kappa shape index (κ1) is 8.78. The highest BCUT2D eigenvalue weighted by atomic mass is 32.2. The van der Waals surface area contributed by atoms with Crippen molar-refractivity contribution >= 4 is 17.0 Å². The number of hydrogen-bond acceptors (Lipinski definition) is 1. The van der Waals surface area contributed by atoms with E-state index in [1.54, 1.807) is 24.3 Å². The highest BCUT2D eigenvalue weighted by Crippen LogP contribution is 2.13. The van der Waals surface area contributed by atoms with Crippen LogP contribution in [0.5, 0.6) is 0 Å². The van der Waals surface area contributed by atoms with Crippen LogP contribution in [0.15, 0.2) is 24.3 Å². The second-order valence-electron chi connectivity index (χ2n) is 2.04. The van der Waals surface area contributed by atoms with Gasteiger partial charge in [-0.3, -0.25) is 9.27 Å². The average molecular weight is 181 g/mol. The minimum absolute atomic E-state index is 0.487. The Labute approximate surface area is 73.2 Å². The number of anilines is 1. The molecule has 4 heteroatoms. The molecule has 0 aliphatic carbocycles. The lowest BCUT2D eigenvalue weighted by Gasteiger charge is -2.02. The van der Waals surface area contributed by atoms with Crippen molar-refractivity contribution in [2.75, 3.05) is 4.72 Å². The third-order valence-electron chi connectivity index (χ3n) is 1.28. The van der Waals surface area contributed by atoms with Crippen molar-refractivity contribution in [2.45, 2.75) is 0 Å². The molecular formula is C8H7NO2S. The molecule has 0 aliphatic heterocycles. The third-order valence-corrected chi connectivity index (χ3v) is 1.67. The Kier molecular flexibility index (Phi) is 2.86. The summed E-state index contributed by atoms with van der Waals surface area (Å²) >= 11 is -2.07. The summed E-state index contributed by atoms with van der Waals surface area (Å²) in [7, 11) is 0. The van der Waals surface area contributed by atoms with Gasteiger partial charge in [-0.05, 0) is 12.1 Å². The van der Waals surface area contributed by atoms with E-state index in [-0.39, 0.29) is 0 Å². The normalized spacial score (nSPS) is 11.7. The van der Waals surface area contributed by atoms with Crippen LogP contribution in [0.1, 0.15) is 5.56 Å². The highest BCUT2D eigenvalue weighted by Gasteiger charge is 1.99. The number of rotatable bonds is 2. The molecule has 1 atom stereocenters. The van der Waals surface area contributed by atoms with Gasteiger partial charge in [0.25, 0.3) is 11.3 Å². The lowest BCUT2D eigenvalue weighted by molar-refractivity contribution is 0.570. The quantitative estimate of drug-likeness (QED) is 0.532. The monoisotopic (exact) mass is 181 g/mol. The lowest BCUT2D eigenvalue weighted by Crippen LogP contribution is -2.03. The second-order valence-corrected chi connectivity index (χ2v) is 2.74. The summed E-state index contributed by atoms with van der Waals surface area (Å²) in [5.74, 6) is 2.39. The van der Waals surface area contributed by atoms with Crippen LogP contribution < -0.4 is 4.72 Å². The largest absolute Gasteiger partial charge is 0.289 e. The van der Waals surface area contributed by atoms with E-state index in [1.165, 1.54) is 0 Å². The van der Waals surface area contributed by atoms with E-state index in [9.17, 15) is 4.21 Å². The summed E-state index contributed by atoms with van der Waals surface area (Å²) in [5.41, 5.74) is 1.06. The summed E-state index contributed by atoms with van der Waals surface area (Å²) in [6, 6.07) is 6.83. The van der Waals surface area contributed by atoms with Gasteiger partial charge in [-0.2, -0.15) is 0 Å². The number of hydrogen-bond donors (Lipinski definition) is 2. The topological polar surface area (TPSA) is 49.3 Å². The molecule has 12 heavy (non-hydrogen) atoms. The van der Waals surface area contributed by atoms with Gasteiger partial charge in [0.15, 0.2) is 0 Å². The van der Waals surface area contributed by atoms with Gasteiger partial charge in [0.2, 0.25) is 0 Å². The van der Waals surface area contributed by atoms with Crippen LogP contribution in [0.4, 0.5) is 5.69 Å². The number of benzene rings is 1. The number of para-hydroxylation sites is 1. The van der Waals surface area contributed by atoms with Crippen molar-refractivity contribution in [2.24, 2.45) is 0 Å². The molecule has 0 aromatic heterocycles. The Balaban J connectivity index is 2.99. The summed E-state index contributed by atoms with van der Waals surface area (Å²) in [6.07, 6.45) is 5.16. The fraction of sp³-hybridized carbons (Fsp3) is 0. The number of nitrogens with one attached hydrogen (secondary N) is 1. The lowest BCUT2D eigenvalue weighted by atomic mass is 10.2. The molecule has 3 nitrogen and oxygen atoms in total. The molecule has 0 saturated carbocycles. The Hall–Kier alpha value is -1.31. The molecule has 0 spiro atoms. The third kappa shape index (κ3) is 2.09. The zero-order chi connectivity index (χ0) is 8.97. The molecule has 0 saturated heterocycles. The van der Waals surface area contributed by atoms with E-state index in [1.807, 2.05) is 0 Å². The van der Waals surface area contributed by atoms with Gasteiger partial charge in [0.05, 0.1) is 5.69 Å². The molecule has 62 valence electrons. The van der Waals surface area contributed by atoms with Gasteiger partial charge in [0.1, 0.15) is 0 Å². The van der Waals surface area contributed by atoms with Crippen LogP contribution in [0, 0.1) is 12.3 Å². The molecule has 1 unspecified atom stereocenters. The van der Waals surface area contributed by atoms with Gasteiger partial charge < -0.3 is 0 Å². The summed E-state index contributed by atoms with van der Waals surface area (Å²) < 4.78 is 21.2. The zero-order valence-electron chi connectivity index (χ0n) is 6.15. The van der Waals surface area contributed by atoms with E-state index >= 15 is 0 Å². The maximum Gasteiger partial charge on any atom is 0.259 e. The predicted molar refractivity (Wildman–Crippen MR) is 48.8 cm³/mol. The zero-order valence-corrected chi connectivity index (χ0v) is 6.97. The molecule has 0 aliphatic rings. The first-order valence-corrected chi connectivity index (χ1v) is 4.28. The Morgan fingerprint density at radius 1 is 1.50 bits per heavy atom. The average Bonchev–Trinajstić information content (AvgIpc) is 2.04. The van der Waals surface area contributed by atoms with Crippen molar-refractivity contribution in [1.29, 1.82) is 0 Å². The SMILES string of the molecule is C#Cc1ccccc1NS(=O)O. The number of terminal acetylenes is 1. The van der Waals surface area contributed by atoms with E-state index in [2.05, 4.69) is 10.6 Å². The molecule has 0 amide bonds. The van der Waals surface area contributed by atoms with Crippen molar-refractivity contribution in [3.05, 3.63) is 29.8 Å². The van der Waals surface area contributed by atoms with E-state index < -0.39 is 11.3 Å². The van der Waals surface area contributed by atoms with Crippen LogP contribution in [0.3, 0.4) is 0 Å². The van der Waals surface area contributed by atoms with E-state index in [4.69, 9.17) is 11.0 Å². The van der Waals surface area contributed by atoms with Gasteiger partial charge >= 0.3 is 0 Å². The Morgan fingerprint density at radius 3 is 2.75 bits per heavy atom. The fourth-order valence-electron chi connectivity index (χ4n) is 0.792. The summed E-state index contributed by atoms with van der Waals surface area (Å²) in [6.45, 7) is 0. The van der Waals surface area contributed by atoms with Crippen molar-refractivity contribution in [1.82, 2.24) is 0 Å². The molecule has 0 radical (unpaired) electrons. The van der Waals surface area contributed by atoms with Crippen LogP contribution in [0.2, 0.25) is 0 Å². The second kappa shape index (κ2) is 3.90. The maximum atomic E-state index is 10.4.